The van der Waals surface area contributed by atoms with Gasteiger partial charge in [-0.1, -0.05) is 41.5 Å². The van der Waals surface area contributed by atoms with E-state index in [1.165, 1.54) is 0 Å². The molecule has 168 valence electrons. The summed E-state index contributed by atoms with van der Waals surface area (Å²) in [4.78, 5) is 11.9. The summed E-state index contributed by atoms with van der Waals surface area (Å²) in [6.45, 7) is 26.1. The molecule has 5 nitrogen and oxygen atoms in total. The Bertz CT molecular complexity index is 655. The van der Waals surface area contributed by atoms with Crippen molar-refractivity contribution in [3.05, 3.63) is 11.6 Å². The highest BCUT2D eigenvalue weighted by Gasteiger charge is 2.55. The average molecular weight is 443 g/mol. The molecule has 0 spiro atoms. The third-order valence-corrected chi connectivity index (χ3v) is 16.0. The molecule has 29 heavy (non-hydrogen) atoms. The van der Waals surface area contributed by atoms with E-state index in [1.807, 2.05) is 19.9 Å². The standard InChI is InChI=1S/C22H42O5Si2/c1-20(2,3)28(9,10)26-16-13-15(14-23)17-19(25-22(7,8)24-17)18(16)27-29(11,12)21(4,5)6/h13-14,16-19H,1-12H3/t16-,17+,18+,19+/m0/s1. The summed E-state index contributed by atoms with van der Waals surface area (Å²) in [7, 11) is -4.21. The summed E-state index contributed by atoms with van der Waals surface area (Å²) in [5, 5.41) is 0.0977. The molecule has 2 aliphatic rings. The van der Waals surface area contributed by atoms with Crippen LogP contribution in [0.5, 0.6) is 0 Å². The van der Waals surface area contributed by atoms with Gasteiger partial charge in [-0.05, 0) is 56.2 Å². The first kappa shape index (κ1) is 24.9. The number of hydrogen-bond acceptors (Lipinski definition) is 5. The van der Waals surface area contributed by atoms with Gasteiger partial charge in [0.1, 0.15) is 24.6 Å². The lowest BCUT2D eigenvalue weighted by atomic mass is 9.90. The molecule has 0 saturated carbocycles. The fourth-order valence-corrected chi connectivity index (χ4v) is 5.77. The molecule has 0 bridgehead atoms. The zero-order valence-electron chi connectivity index (χ0n) is 20.5. The first-order valence-corrected chi connectivity index (χ1v) is 16.5. The van der Waals surface area contributed by atoms with E-state index < -0.39 is 28.5 Å². The lowest BCUT2D eigenvalue weighted by Crippen LogP contribution is -2.58. The van der Waals surface area contributed by atoms with Gasteiger partial charge in [-0.3, -0.25) is 4.79 Å². The largest absolute Gasteiger partial charge is 0.408 e. The lowest BCUT2D eigenvalue weighted by molar-refractivity contribution is -0.156. The highest BCUT2D eigenvalue weighted by Crippen LogP contribution is 2.45. The van der Waals surface area contributed by atoms with Crippen molar-refractivity contribution in [1.82, 2.24) is 0 Å². The molecule has 0 aromatic heterocycles. The maximum Gasteiger partial charge on any atom is 0.193 e. The van der Waals surface area contributed by atoms with Gasteiger partial charge in [-0.25, -0.2) is 0 Å². The quantitative estimate of drug-likeness (QED) is 0.420. The van der Waals surface area contributed by atoms with Crippen LogP contribution in [0.4, 0.5) is 0 Å². The summed E-state index contributed by atoms with van der Waals surface area (Å²) in [5.41, 5.74) is 0.597. The van der Waals surface area contributed by atoms with E-state index in [1.54, 1.807) is 0 Å². The maximum absolute atomic E-state index is 11.9. The van der Waals surface area contributed by atoms with Crippen LogP contribution in [-0.4, -0.2) is 53.1 Å². The number of carbonyl (C=O) groups is 1. The van der Waals surface area contributed by atoms with Crippen LogP contribution in [-0.2, 0) is 23.1 Å². The van der Waals surface area contributed by atoms with E-state index in [0.717, 1.165) is 6.29 Å². The van der Waals surface area contributed by atoms with E-state index in [-0.39, 0.29) is 28.4 Å². The van der Waals surface area contributed by atoms with Crippen LogP contribution in [0.1, 0.15) is 55.4 Å². The molecule has 2 rings (SSSR count). The monoisotopic (exact) mass is 442 g/mol. The molecule has 0 radical (unpaired) electrons. The van der Waals surface area contributed by atoms with Gasteiger partial charge in [0, 0.05) is 5.57 Å². The summed E-state index contributed by atoms with van der Waals surface area (Å²) in [6, 6.07) is 0. The van der Waals surface area contributed by atoms with Crippen LogP contribution in [0.3, 0.4) is 0 Å². The smallest absolute Gasteiger partial charge is 0.193 e. The second kappa shape index (κ2) is 7.67. The molecule has 4 atom stereocenters. The van der Waals surface area contributed by atoms with Crippen molar-refractivity contribution in [3.63, 3.8) is 0 Å². The van der Waals surface area contributed by atoms with Crippen LogP contribution in [0, 0.1) is 0 Å². The molecular weight excluding hydrogens is 400 g/mol. The SMILES string of the molecule is CC1(C)O[C@H]2[C@H](O[Si](C)(C)C(C)(C)C)[C@@H](O[Si](C)(C)C(C)(C)C)C=C(C=O)[C@H]2O1. The maximum atomic E-state index is 11.9. The van der Waals surface area contributed by atoms with Gasteiger partial charge >= 0.3 is 0 Å². The molecule has 1 aliphatic carbocycles. The van der Waals surface area contributed by atoms with Gasteiger partial charge in [0.15, 0.2) is 22.4 Å². The zero-order chi connectivity index (χ0) is 22.6. The third kappa shape index (κ3) is 5.13. The fourth-order valence-electron chi connectivity index (χ4n) is 3.23. The Hall–Kier alpha value is -0.316. The van der Waals surface area contributed by atoms with Crippen LogP contribution in [0.15, 0.2) is 11.6 Å². The first-order chi connectivity index (χ1) is 12.8. The highest BCUT2D eigenvalue weighted by molar-refractivity contribution is 6.74. The second-order valence-corrected chi connectivity index (χ2v) is 21.5. The lowest BCUT2D eigenvalue weighted by Gasteiger charge is -2.47. The Balaban J connectivity index is 2.50. The van der Waals surface area contributed by atoms with Crippen molar-refractivity contribution in [3.8, 4) is 0 Å². The van der Waals surface area contributed by atoms with Gasteiger partial charge in [0.2, 0.25) is 0 Å². The van der Waals surface area contributed by atoms with Crippen LogP contribution >= 0.6 is 0 Å². The summed E-state index contributed by atoms with van der Waals surface area (Å²) in [6.07, 6.45) is 1.39. The van der Waals surface area contributed by atoms with Gasteiger partial charge in [-0.15, -0.1) is 0 Å². The number of aldehydes is 1. The van der Waals surface area contributed by atoms with E-state index >= 15 is 0 Å². The van der Waals surface area contributed by atoms with Gasteiger partial charge in [0.25, 0.3) is 0 Å². The molecule has 7 heteroatoms. The molecule has 0 N–H and O–H groups in total. The Kier molecular flexibility index (Phi) is 6.60. The summed E-state index contributed by atoms with van der Waals surface area (Å²) < 4.78 is 26.1. The second-order valence-electron chi connectivity index (χ2n) is 12.0. The molecule has 0 amide bonds. The average Bonchev–Trinajstić information content (AvgIpc) is 2.82. The predicted octanol–water partition coefficient (Wildman–Crippen LogP) is 5.43. The minimum absolute atomic E-state index is 0.0485. The highest BCUT2D eigenvalue weighted by atomic mass is 28.4. The Morgan fingerprint density at radius 2 is 1.41 bits per heavy atom. The molecular formula is C22H42O5Si2. The van der Waals surface area contributed by atoms with Gasteiger partial charge in [-0.2, -0.15) is 0 Å². The molecule has 0 aromatic rings. The number of ether oxygens (including phenoxy) is 2. The van der Waals surface area contributed by atoms with Crippen molar-refractivity contribution in [1.29, 1.82) is 0 Å². The Morgan fingerprint density at radius 1 is 0.931 bits per heavy atom. The van der Waals surface area contributed by atoms with Crippen LogP contribution in [0.2, 0.25) is 36.3 Å². The number of hydrogen-bond donors (Lipinski definition) is 0. The van der Waals surface area contributed by atoms with E-state index in [9.17, 15) is 4.79 Å². The minimum Gasteiger partial charge on any atom is -0.408 e. The van der Waals surface area contributed by atoms with Gasteiger partial charge < -0.3 is 18.3 Å². The van der Waals surface area contributed by atoms with Crippen molar-refractivity contribution in [2.75, 3.05) is 0 Å². The fraction of sp³-hybridized carbons (Fsp3) is 0.864. The predicted molar refractivity (Wildman–Crippen MR) is 122 cm³/mol. The summed E-state index contributed by atoms with van der Waals surface area (Å²) in [5.74, 6) is -0.766. The van der Waals surface area contributed by atoms with E-state index in [2.05, 4.69) is 67.7 Å². The van der Waals surface area contributed by atoms with Crippen molar-refractivity contribution < 1.29 is 23.1 Å². The molecule has 1 aliphatic heterocycles. The third-order valence-electron chi connectivity index (χ3n) is 7.07. The Labute approximate surface area is 179 Å². The van der Waals surface area contributed by atoms with E-state index in [0.29, 0.717) is 5.57 Å². The Morgan fingerprint density at radius 3 is 1.86 bits per heavy atom. The van der Waals surface area contributed by atoms with Gasteiger partial charge in [0.05, 0.1) is 6.10 Å². The molecule has 0 unspecified atom stereocenters. The molecule has 0 aromatic carbocycles. The normalized spacial score (nSPS) is 30.7. The first-order valence-electron chi connectivity index (χ1n) is 10.7. The van der Waals surface area contributed by atoms with Crippen LogP contribution < -0.4 is 0 Å². The number of rotatable bonds is 5. The number of carbonyl (C=O) groups excluding carboxylic acids is 1. The van der Waals surface area contributed by atoms with Crippen LogP contribution in [0.25, 0.3) is 0 Å². The van der Waals surface area contributed by atoms with Crippen molar-refractivity contribution >= 4 is 22.9 Å². The molecule has 1 saturated heterocycles. The number of fused-ring (bicyclic) bond motifs is 1. The zero-order valence-corrected chi connectivity index (χ0v) is 22.5. The molecule has 1 heterocycles. The van der Waals surface area contributed by atoms with Crippen molar-refractivity contribution in [2.45, 2.75) is 122 Å². The minimum atomic E-state index is -2.11. The molecule has 1 fully saturated rings. The topological polar surface area (TPSA) is 54.0 Å². The van der Waals surface area contributed by atoms with E-state index in [4.69, 9.17) is 18.3 Å². The summed E-state index contributed by atoms with van der Waals surface area (Å²) >= 11 is 0. The van der Waals surface area contributed by atoms with Crippen molar-refractivity contribution in [2.24, 2.45) is 0 Å².